The third-order valence-electron chi connectivity index (χ3n) is 3.51. The Hall–Kier alpha value is -1.92. The van der Waals surface area contributed by atoms with Crippen LogP contribution in [0.2, 0.25) is 0 Å². The molecule has 2 aromatic carbocycles. The second-order valence-corrected chi connectivity index (χ2v) is 6.00. The monoisotopic (exact) mass is 337 g/mol. The molecule has 23 heavy (non-hydrogen) atoms. The second-order valence-electron chi connectivity index (χ2n) is 5.15. The van der Waals surface area contributed by atoms with E-state index in [1.807, 2.05) is 37.4 Å². The summed E-state index contributed by atoms with van der Waals surface area (Å²) in [5.41, 5.74) is 1.42. The third kappa shape index (κ3) is 4.77. The predicted molar refractivity (Wildman–Crippen MR) is 88.4 cm³/mol. The van der Waals surface area contributed by atoms with Gasteiger partial charge in [0.15, 0.2) is 18.2 Å². The SMILES string of the molecule is CSc1ccccc1NC(=O)C[NH2+][C@H](C)c1ccc(F)c(F)c1. The summed E-state index contributed by atoms with van der Waals surface area (Å²) in [6.07, 6.45) is 1.95. The van der Waals surface area contributed by atoms with Crippen molar-refractivity contribution in [1.29, 1.82) is 0 Å². The number of thioether (sulfide) groups is 1. The first-order valence-electron chi connectivity index (χ1n) is 7.22. The van der Waals surface area contributed by atoms with Gasteiger partial charge < -0.3 is 10.6 Å². The van der Waals surface area contributed by atoms with Crippen molar-refractivity contribution in [3.05, 3.63) is 59.7 Å². The van der Waals surface area contributed by atoms with Crippen LogP contribution in [0.3, 0.4) is 0 Å². The van der Waals surface area contributed by atoms with Gasteiger partial charge >= 0.3 is 0 Å². The summed E-state index contributed by atoms with van der Waals surface area (Å²) >= 11 is 1.56. The van der Waals surface area contributed by atoms with E-state index >= 15 is 0 Å². The minimum atomic E-state index is -0.874. The van der Waals surface area contributed by atoms with Crippen molar-refractivity contribution in [1.82, 2.24) is 0 Å². The highest BCUT2D eigenvalue weighted by atomic mass is 32.2. The van der Waals surface area contributed by atoms with E-state index in [2.05, 4.69) is 5.32 Å². The van der Waals surface area contributed by atoms with Gasteiger partial charge in [-0.2, -0.15) is 0 Å². The summed E-state index contributed by atoms with van der Waals surface area (Å²) in [4.78, 5) is 13.0. The quantitative estimate of drug-likeness (QED) is 0.796. The number of benzene rings is 2. The van der Waals surface area contributed by atoms with Gasteiger partial charge in [0.25, 0.3) is 5.91 Å². The number of halogens is 2. The van der Waals surface area contributed by atoms with E-state index in [1.165, 1.54) is 6.07 Å². The van der Waals surface area contributed by atoms with Crippen LogP contribution in [0.25, 0.3) is 0 Å². The topological polar surface area (TPSA) is 45.7 Å². The number of anilines is 1. The summed E-state index contributed by atoms with van der Waals surface area (Å²) in [5.74, 6) is -1.88. The Morgan fingerprint density at radius 3 is 2.65 bits per heavy atom. The average molecular weight is 337 g/mol. The molecule has 0 fully saturated rings. The number of hydrogen-bond donors (Lipinski definition) is 2. The van der Waals surface area contributed by atoms with Crippen LogP contribution in [0.4, 0.5) is 14.5 Å². The first-order chi connectivity index (χ1) is 11.0. The van der Waals surface area contributed by atoms with Gasteiger partial charge in [0.1, 0.15) is 6.04 Å². The van der Waals surface area contributed by atoms with Crippen molar-refractivity contribution in [2.75, 3.05) is 18.1 Å². The lowest BCUT2D eigenvalue weighted by atomic mass is 10.1. The molecule has 2 aromatic rings. The van der Waals surface area contributed by atoms with Crippen LogP contribution in [-0.4, -0.2) is 18.7 Å². The number of rotatable bonds is 6. The number of amides is 1. The maximum Gasteiger partial charge on any atom is 0.279 e. The van der Waals surface area contributed by atoms with Gasteiger partial charge in [0.2, 0.25) is 0 Å². The average Bonchev–Trinajstić information content (AvgIpc) is 2.55. The molecule has 1 atom stereocenters. The molecule has 0 aliphatic rings. The zero-order chi connectivity index (χ0) is 16.8. The summed E-state index contributed by atoms with van der Waals surface area (Å²) in [6.45, 7) is 2.04. The number of nitrogens with two attached hydrogens (primary N) is 1. The minimum Gasteiger partial charge on any atom is -0.333 e. The number of quaternary nitrogens is 1. The standard InChI is InChI=1S/C17H18F2N2OS/c1-11(12-7-8-13(18)14(19)9-12)20-10-17(22)21-15-5-3-4-6-16(15)23-2/h3-9,11,20H,10H2,1-2H3,(H,21,22)/p+1/t11-/m1/s1. The van der Waals surface area contributed by atoms with Gasteiger partial charge in [-0.1, -0.05) is 12.1 Å². The fourth-order valence-corrected chi connectivity index (χ4v) is 2.72. The Morgan fingerprint density at radius 1 is 1.22 bits per heavy atom. The highest BCUT2D eigenvalue weighted by molar-refractivity contribution is 7.98. The van der Waals surface area contributed by atoms with Crippen molar-refractivity contribution in [3.63, 3.8) is 0 Å². The van der Waals surface area contributed by atoms with Crippen LogP contribution in [0, 0.1) is 11.6 Å². The van der Waals surface area contributed by atoms with Crippen LogP contribution >= 0.6 is 11.8 Å². The first-order valence-corrected chi connectivity index (χ1v) is 8.45. The molecule has 0 aliphatic heterocycles. The third-order valence-corrected chi connectivity index (χ3v) is 4.30. The van der Waals surface area contributed by atoms with Gasteiger partial charge in [-0.3, -0.25) is 4.79 Å². The molecule has 0 saturated carbocycles. The summed E-state index contributed by atoms with van der Waals surface area (Å²) in [6, 6.07) is 11.2. The summed E-state index contributed by atoms with van der Waals surface area (Å²) in [7, 11) is 0. The predicted octanol–water partition coefficient (Wildman–Crippen LogP) is 2.95. The fraction of sp³-hybridized carbons (Fsp3) is 0.235. The van der Waals surface area contributed by atoms with E-state index in [1.54, 1.807) is 17.1 Å². The highest BCUT2D eigenvalue weighted by Gasteiger charge is 2.14. The molecule has 0 saturated heterocycles. The normalized spacial score (nSPS) is 12.0. The molecule has 122 valence electrons. The van der Waals surface area contributed by atoms with Crippen molar-refractivity contribution >= 4 is 23.4 Å². The van der Waals surface area contributed by atoms with E-state index in [0.29, 0.717) is 5.56 Å². The Labute approximate surface area is 138 Å². The van der Waals surface area contributed by atoms with E-state index in [9.17, 15) is 13.6 Å². The molecule has 1 amide bonds. The van der Waals surface area contributed by atoms with Gasteiger partial charge in [-0.25, -0.2) is 8.78 Å². The molecular formula is C17H19F2N2OS+. The zero-order valence-electron chi connectivity index (χ0n) is 13.0. The fourth-order valence-electron chi connectivity index (χ4n) is 2.16. The van der Waals surface area contributed by atoms with Gasteiger partial charge in [0.05, 0.1) is 5.69 Å². The molecule has 0 unspecified atom stereocenters. The van der Waals surface area contributed by atoms with Crippen LogP contribution < -0.4 is 10.6 Å². The van der Waals surface area contributed by atoms with Crippen molar-refractivity contribution < 1.29 is 18.9 Å². The van der Waals surface area contributed by atoms with E-state index in [-0.39, 0.29) is 18.5 Å². The number of para-hydroxylation sites is 1. The Morgan fingerprint density at radius 2 is 1.96 bits per heavy atom. The molecular weight excluding hydrogens is 318 g/mol. The lowest BCUT2D eigenvalue weighted by Gasteiger charge is -2.12. The maximum atomic E-state index is 13.2. The molecule has 0 spiro atoms. The molecule has 0 aliphatic carbocycles. The molecule has 3 N–H and O–H groups in total. The zero-order valence-corrected chi connectivity index (χ0v) is 13.8. The van der Waals surface area contributed by atoms with E-state index in [4.69, 9.17) is 0 Å². The van der Waals surface area contributed by atoms with Crippen LogP contribution in [-0.2, 0) is 4.79 Å². The summed E-state index contributed by atoms with van der Waals surface area (Å²) < 4.78 is 26.2. The number of carbonyl (C=O) groups excluding carboxylic acids is 1. The molecule has 6 heteroatoms. The lowest BCUT2D eigenvalue weighted by Crippen LogP contribution is -2.86. The smallest absolute Gasteiger partial charge is 0.279 e. The minimum absolute atomic E-state index is 0.138. The lowest BCUT2D eigenvalue weighted by molar-refractivity contribution is -0.682. The van der Waals surface area contributed by atoms with Crippen LogP contribution in [0.5, 0.6) is 0 Å². The molecule has 3 nitrogen and oxygen atoms in total. The van der Waals surface area contributed by atoms with Crippen molar-refractivity contribution in [2.45, 2.75) is 17.9 Å². The van der Waals surface area contributed by atoms with Crippen LogP contribution in [0.15, 0.2) is 47.4 Å². The molecule has 0 radical (unpaired) electrons. The Bertz CT molecular complexity index is 694. The first kappa shape index (κ1) is 17.4. The Kier molecular flexibility index (Phi) is 6.12. The van der Waals surface area contributed by atoms with Gasteiger partial charge in [0, 0.05) is 10.5 Å². The highest BCUT2D eigenvalue weighted by Crippen LogP contribution is 2.24. The summed E-state index contributed by atoms with van der Waals surface area (Å²) in [5, 5.41) is 4.65. The van der Waals surface area contributed by atoms with E-state index < -0.39 is 11.6 Å². The van der Waals surface area contributed by atoms with Gasteiger partial charge in [-0.05, 0) is 43.5 Å². The van der Waals surface area contributed by atoms with Crippen molar-refractivity contribution in [2.24, 2.45) is 0 Å². The molecule has 2 rings (SSSR count). The van der Waals surface area contributed by atoms with Crippen LogP contribution in [0.1, 0.15) is 18.5 Å². The molecule has 0 heterocycles. The second kappa shape index (κ2) is 8.08. The molecule has 0 bridgehead atoms. The number of carbonyl (C=O) groups is 1. The number of nitrogens with one attached hydrogen (secondary N) is 1. The largest absolute Gasteiger partial charge is 0.333 e. The molecule has 0 aromatic heterocycles. The maximum absolute atomic E-state index is 13.2. The Balaban J connectivity index is 1.92. The number of hydrogen-bond acceptors (Lipinski definition) is 2. The van der Waals surface area contributed by atoms with Gasteiger partial charge in [-0.15, -0.1) is 11.8 Å². The van der Waals surface area contributed by atoms with E-state index in [0.717, 1.165) is 22.7 Å². The van der Waals surface area contributed by atoms with Crippen molar-refractivity contribution in [3.8, 4) is 0 Å².